The summed E-state index contributed by atoms with van der Waals surface area (Å²) in [5.74, 6) is 0.334. The fourth-order valence-electron chi connectivity index (χ4n) is 3.19. The first-order valence-electron chi connectivity index (χ1n) is 7.31. The number of carbonyl (C=O) groups excluding carboxylic acids is 2. The van der Waals surface area contributed by atoms with Gasteiger partial charge < -0.3 is 9.64 Å². The first kappa shape index (κ1) is 13.9. The van der Waals surface area contributed by atoms with Gasteiger partial charge in [0.15, 0.2) is 0 Å². The monoisotopic (exact) mass is 285 g/mol. The predicted octanol–water partition coefficient (Wildman–Crippen LogP) is 2.79. The smallest absolute Gasteiger partial charge is 0.410 e. The molecule has 110 valence electrons. The van der Waals surface area contributed by atoms with Crippen LogP contribution in [0.5, 0.6) is 0 Å². The lowest BCUT2D eigenvalue weighted by Crippen LogP contribution is -2.54. The molecule has 1 fully saturated rings. The van der Waals surface area contributed by atoms with E-state index in [1.165, 1.54) is 0 Å². The molecule has 4 nitrogen and oxygen atoms in total. The molecule has 2 aliphatic heterocycles. The largest absolute Gasteiger partial charge is 0.445 e. The van der Waals surface area contributed by atoms with Crippen molar-refractivity contribution < 1.29 is 14.3 Å². The van der Waals surface area contributed by atoms with Crippen molar-refractivity contribution in [1.82, 2.24) is 4.90 Å². The van der Waals surface area contributed by atoms with Crippen LogP contribution in [0.4, 0.5) is 4.79 Å². The maximum atomic E-state index is 12.3. The Morgan fingerprint density at radius 1 is 1.24 bits per heavy atom. The van der Waals surface area contributed by atoms with Crippen molar-refractivity contribution in [2.75, 3.05) is 6.54 Å². The number of piperidine rings is 1. The average Bonchev–Trinajstić information content (AvgIpc) is 2.53. The maximum Gasteiger partial charge on any atom is 0.410 e. The lowest BCUT2D eigenvalue weighted by Gasteiger charge is -2.44. The van der Waals surface area contributed by atoms with Gasteiger partial charge >= 0.3 is 6.09 Å². The number of nitrogens with zero attached hydrogens (tertiary/aromatic N) is 1. The molecular weight excluding hydrogens is 266 g/mol. The molecule has 1 amide bonds. The van der Waals surface area contributed by atoms with Crippen molar-refractivity contribution in [1.29, 1.82) is 0 Å². The molecule has 1 aliphatic carbocycles. The molecule has 0 radical (unpaired) electrons. The van der Waals surface area contributed by atoms with Crippen LogP contribution in [-0.2, 0) is 16.1 Å². The summed E-state index contributed by atoms with van der Waals surface area (Å²) in [5, 5.41) is 0. The number of hydrogen-bond donors (Lipinski definition) is 0. The van der Waals surface area contributed by atoms with Crippen molar-refractivity contribution in [3.8, 4) is 0 Å². The normalized spacial score (nSPS) is 26.7. The number of benzene rings is 1. The predicted molar refractivity (Wildman–Crippen MR) is 78.5 cm³/mol. The molecule has 21 heavy (non-hydrogen) atoms. The van der Waals surface area contributed by atoms with E-state index in [0.717, 1.165) is 12.0 Å². The van der Waals surface area contributed by atoms with Gasteiger partial charge in [0.1, 0.15) is 12.4 Å². The summed E-state index contributed by atoms with van der Waals surface area (Å²) in [6, 6.07) is 9.47. The second kappa shape index (κ2) is 5.72. The van der Waals surface area contributed by atoms with Crippen LogP contribution in [0.1, 0.15) is 18.9 Å². The molecule has 1 saturated heterocycles. The Bertz CT molecular complexity index is 567. The van der Waals surface area contributed by atoms with Crippen molar-refractivity contribution in [2.24, 2.45) is 11.8 Å². The third-order valence-electron chi connectivity index (χ3n) is 4.30. The van der Waals surface area contributed by atoms with Crippen LogP contribution in [0.2, 0.25) is 0 Å². The molecule has 2 heterocycles. The molecule has 0 N–H and O–H groups in total. The van der Waals surface area contributed by atoms with Crippen LogP contribution in [0.15, 0.2) is 42.5 Å². The minimum atomic E-state index is -0.329. The molecule has 1 aromatic carbocycles. The van der Waals surface area contributed by atoms with E-state index in [9.17, 15) is 9.59 Å². The van der Waals surface area contributed by atoms with Crippen molar-refractivity contribution in [3.63, 3.8) is 0 Å². The van der Waals surface area contributed by atoms with Gasteiger partial charge in [-0.05, 0) is 24.8 Å². The van der Waals surface area contributed by atoms with E-state index in [1.807, 2.05) is 36.4 Å². The Morgan fingerprint density at radius 3 is 2.67 bits per heavy atom. The van der Waals surface area contributed by atoms with Crippen molar-refractivity contribution in [3.05, 3.63) is 48.0 Å². The molecule has 1 aromatic rings. The summed E-state index contributed by atoms with van der Waals surface area (Å²) >= 11 is 0. The Hall–Kier alpha value is -2.10. The Balaban J connectivity index is 1.65. The Labute approximate surface area is 124 Å². The quantitative estimate of drug-likeness (QED) is 0.802. The van der Waals surface area contributed by atoms with E-state index in [-0.39, 0.29) is 36.4 Å². The van der Waals surface area contributed by atoms with Gasteiger partial charge in [0.05, 0.1) is 6.04 Å². The number of amides is 1. The molecule has 0 aromatic heterocycles. The summed E-state index contributed by atoms with van der Waals surface area (Å²) in [6.07, 6.45) is 4.61. The maximum absolute atomic E-state index is 12.3. The van der Waals surface area contributed by atoms with Crippen molar-refractivity contribution in [2.45, 2.75) is 26.0 Å². The first-order valence-corrected chi connectivity index (χ1v) is 7.31. The first-order chi connectivity index (χ1) is 10.1. The zero-order valence-electron chi connectivity index (χ0n) is 12.1. The Morgan fingerprint density at radius 2 is 2.00 bits per heavy atom. The summed E-state index contributed by atoms with van der Waals surface area (Å²) in [6.45, 7) is 2.52. The number of ketones is 1. The third-order valence-corrected chi connectivity index (χ3v) is 4.30. The zero-order valence-corrected chi connectivity index (χ0v) is 12.1. The van der Waals surface area contributed by atoms with Crippen LogP contribution in [0, 0.1) is 11.8 Å². The number of fused-ring (bicyclic) bond motifs is 2. The van der Waals surface area contributed by atoms with Gasteiger partial charge in [-0.15, -0.1) is 0 Å². The third kappa shape index (κ3) is 2.84. The zero-order chi connectivity index (χ0) is 14.8. The van der Waals surface area contributed by atoms with E-state index in [1.54, 1.807) is 11.8 Å². The fourth-order valence-corrected chi connectivity index (χ4v) is 3.19. The van der Waals surface area contributed by atoms with Gasteiger partial charge in [-0.25, -0.2) is 4.79 Å². The van der Waals surface area contributed by atoms with Gasteiger partial charge in [0.25, 0.3) is 0 Å². The SMILES string of the molecule is CC(=O)[C@H]1C[C@H]2C=C[C@@H]1N(C(=O)OCc1ccccc1)C2. The lowest BCUT2D eigenvalue weighted by molar-refractivity contribution is -0.124. The van der Waals surface area contributed by atoms with Crippen LogP contribution < -0.4 is 0 Å². The second-order valence-electron chi connectivity index (χ2n) is 5.78. The topological polar surface area (TPSA) is 46.6 Å². The number of hydrogen-bond acceptors (Lipinski definition) is 3. The van der Waals surface area contributed by atoms with E-state index in [4.69, 9.17) is 4.74 Å². The van der Waals surface area contributed by atoms with Gasteiger partial charge in [0, 0.05) is 12.5 Å². The molecule has 3 aliphatic rings. The average molecular weight is 285 g/mol. The molecule has 4 rings (SSSR count). The number of Topliss-reactive ketones (excluding diaryl/α,β-unsaturated/α-hetero) is 1. The summed E-state index contributed by atoms with van der Waals surface area (Å²) in [4.78, 5) is 25.7. The molecule has 0 spiro atoms. The van der Waals surface area contributed by atoms with Crippen LogP contribution >= 0.6 is 0 Å². The van der Waals surface area contributed by atoms with E-state index >= 15 is 0 Å². The highest BCUT2D eigenvalue weighted by molar-refractivity contribution is 5.81. The van der Waals surface area contributed by atoms with Gasteiger partial charge in [-0.3, -0.25) is 4.79 Å². The fraction of sp³-hybridized carbons (Fsp3) is 0.412. The highest BCUT2D eigenvalue weighted by Crippen LogP contribution is 2.35. The van der Waals surface area contributed by atoms with Crippen LogP contribution in [0.25, 0.3) is 0 Å². The highest BCUT2D eigenvalue weighted by atomic mass is 16.6. The number of carbonyl (C=O) groups is 2. The standard InChI is InChI=1S/C17H19NO3/c1-12(19)15-9-14-7-8-16(15)18(10-14)17(20)21-11-13-5-3-2-4-6-13/h2-8,14-16H,9-11H2,1H3/t14-,15-,16+/m1/s1. The van der Waals surface area contributed by atoms with E-state index < -0.39 is 0 Å². The molecule has 3 atom stereocenters. The molecule has 4 heteroatoms. The van der Waals surface area contributed by atoms with E-state index in [0.29, 0.717) is 6.54 Å². The van der Waals surface area contributed by atoms with Gasteiger partial charge in [-0.1, -0.05) is 42.5 Å². The van der Waals surface area contributed by atoms with Crippen LogP contribution in [-0.4, -0.2) is 29.4 Å². The summed E-state index contributed by atoms with van der Waals surface area (Å²) in [5.41, 5.74) is 0.965. The highest BCUT2D eigenvalue weighted by Gasteiger charge is 2.42. The summed E-state index contributed by atoms with van der Waals surface area (Å²) in [7, 11) is 0. The lowest BCUT2D eigenvalue weighted by atomic mass is 9.76. The molecule has 0 saturated carbocycles. The second-order valence-corrected chi connectivity index (χ2v) is 5.78. The minimum Gasteiger partial charge on any atom is -0.445 e. The van der Waals surface area contributed by atoms with Gasteiger partial charge in [0.2, 0.25) is 0 Å². The summed E-state index contributed by atoms with van der Waals surface area (Å²) < 4.78 is 5.39. The molecule has 0 unspecified atom stereocenters. The van der Waals surface area contributed by atoms with Crippen molar-refractivity contribution >= 4 is 11.9 Å². The van der Waals surface area contributed by atoms with Crippen LogP contribution in [0.3, 0.4) is 0 Å². The molecular formula is C17H19NO3. The number of rotatable bonds is 3. The minimum absolute atomic E-state index is 0.0852. The number of ether oxygens (including phenoxy) is 1. The Kier molecular flexibility index (Phi) is 3.78. The van der Waals surface area contributed by atoms with E-state index in [2.05, 4.69) is 6.08 Å². The molecule has 2 bridgehead atoms. The van der Waals surface area contributed by atoms with Gasteiger partial charge in [-0.2, -0.15) is 0 Å².